The number of hydrogen-bond donors (Lipinski definition) is 1. The lowest BCUT2D eigenvalue weighted by atomic mass is 9.76. The van der Waals surface area contributed by atoms with E-state index in [0.29, 0.717) is 18.1 Å². The Hall–Kier alpha value is -2.93. The number of aromatic nitrogens is 1. The molecule has 1 aromatic heterocycles. The molecule has 28 heavy (non-hydrogen) atoms. The molecule has 1 N–H and O–H groups in total. The van der Waals surface area contributed by atoms with Crippen molar-refractivity contribution >= 4 is 23.3 Å². The van der Waals surface area contributed by atoms with E-state index >= 15 is 0 Å². The van der Waals surface area contributed by atoms with Crippen molar-refractivity contribution in [3.8, 4) is 0 Å². The quantitative estimate of drug-likeness (QED) is 0.829. The molecular weight excluding hydrogens is 358 g/mol. The van der Waals surface area contributed by atoms with E-state index in [1.807, 2.05) is 44.2 Å². The Morgan fingerprint density at radius 1 is 1.21 bits per heavy atom. The fourth-order valence-corrected chi connectivity index (χ4v) is 4.74. The molecule has 5 rings (SSSR count). The van der Waals surface area contributed by atoms with E-state index in [9.17, 15) is 9.59 Å². The predicted octanol–water partition coefficient (Wildman–Crippen LogP) is 2.52. The summed E-state index contributed by atoms with van der Waals surface area (Å²) in [6, 6.07) is 7.61. The third-order valence-electron chi connectivity index (χ3n) is 5.78. The molecule has 0 aliphatic carbocycles. The van der Waals surface area contributed by atoms with Gasteiger partial charge in [0.15, 0.2) is 5.82 Å². The second kappa shape index (κ2) is 5.78. The summed E-state index contributed by atoms with van der Waals surface area (Å²) in [5.41, 5.74) is 2.09. The van der Waals surface area contributed by atoms with Crippen molar-refractivity contribution in [1.82, 2.24) is 5.16 Å². The van der Waals surface area contributed by atoms with E-state index in [1.54, 1.807) is 17.9 Å². The molecule has 0 unspecified atom stereocenters. The second-order valence-electron chi connectivity index (χ2n) is 7.99. The number of carbonyl (C=O) groups excluding carboxylic acids is 2. The van der Waals surface area contributed by atoms with E-state index in [2.05, 4.69) is 10.5 Å². The fourth-order valence-electron chi connectivity index (χ4n) is 4.74. The van der Waals surface area contributed by atoms with Crippen molar-refractivity contribution in [1.29, 1.82) is 0 Å². The van der Waals surface area contributed by atoms with Gasteiger partial charge < -0.3 is 14.6 Å². The second-order valence-corrected chi connectivity index (χ2v) is 7.99. The SMILES string of the molecule is Cc1cc(C)cc(NC(=O)[C@H]2[C@H]3C=C[C@@]4(CN(c5cc(C)on5)C(=O)[C@@H]24)O3)c1. The van der Waals surface area contributed by atoms with Gasteiger partial charge in [0.1, 0.15) is 11.4 Å². The first-order chi connectivity index (χ1) is 13.4. The number of nitrogens with one attached hydrogen (secondary N) is 1. The normalized spacial score (nSPS) is 30.2. The molecule has 3 aliphatic heterocycles. The number of rotatable bonds is 3. The molecule has 7 nitrogen and oxygen atoms in total. The number of carbonyl (C=O) groups is 2. The van der Waals surface area contributed by atoms with Gasteiger partial charge >= 0.3 is 0 Å². The van der Waals surface area contributed by atoms with Crippen LogP contribution < -0.4 is 10.2 Å². The van der Waals surface area contributed by atoms with E-state index in [4.69, 9.17) is 9.26 Å². The first-order valence-corrected chi connectivity index (χ1v) is 9.37. The van der Waals surface area contributed by atoms with Gasteiger partial charge in [-0.15, -0.1) is 0 Å². The highest BCUT2D eigenvalue weighted by Gasteiger charge is 2.67. The van der Waals surface area contributed by atoms with Gasteiger partial charge in [0.2, 0.25) is 11.8 Å². The first kappa shape index (κ1) is 17.2. The van der Waals surface area contributed by atoms with E-state index < -0.39 is 17.4 Å². The van der Waals surface area contributed by atoms with Crippen LogP contribution in [0.25, 0.3) is 0 Å². The zero-order chi connectivity index (χ0) is 19.6. The van der Waals surface area contributed by atoms with E-state index in [-0.39, 0.29) is 17.9 Å². The number of nitrogens with zero attached hydrogens (tertiary/aromatic N) is 2. The lowest BCUT2D eigenvalue weighted by Gasteiger charge is -2.23. The van der Waals surface area contributed by atoms with Gasteiger partial charge in [-0.25, -0.2) is 0 Å². The first-order valence-electron chi connectivity index (χ1n) is 9.37. The van der Waals surface area contributed by atoms with E-state index in [0.717, 1.165) is 16.8 Å². The molecule has 3 aliphatic rings. The van der Waals surface area contributed by atoms with Crippen LogP contribution >= 0.6 is 0 Å². The molecule has 2 aromatic rings. The van der Waals surface area contributed by atoms with Crippen LogP contribution in [0.2, 0.25) is 0 Å². The molecule has 7 heteroatoms. The van der Waals surface area contributed by atoms with Gasteiger partial charge in [0.25, 0.3) is 0 Å². The lowest BCUT2D eigenvalue weighted by Crippen LogP contribution is -2.41. The van der Waals surface area contributed by atoms with Crippen LogP contribution in [-0.4, -0.2) is 35.2 Å². The summed E-state index contributed by atoms with van der Waals surface area (Å²) in [4.78, 5) is 27.9. The smallest absolute Gasteiger partial charge is 0.235 e. The van der Waals surface area contributed by atoms with Crippen LogP contribution in [0.4, 0.5) is 11.5 Å². The minimum atomic E-state index is -0.779. The Kier molecular flexibility index (Phi) is 3.55. The summed E-state index contributed by atoms with van der Waals surface area (Å²) in [5, 5.41) is 6.94. The molecular formula is C21H21N3O4. The van der Waals surface area contributed by atoms with Crippen molar-refractivity contribution in [3.05, 3.63) is 53.3 Å². The zero-order valence-corrected chi connectivity index (χ0v) is 15.9. The highest BCUT2D eigenvalue weighted by molar-refractivity contribution is 6.05. The minimum Gasteiger partial charge on any atom is -0.360 e. The Labute approximate surface area is 162 Å². The van der Waals surface area contributed by atoms with Gasteiger partial charge in [0.05, 0.1) is 24.5 Å². The third-order valence-corrected chi connectivity index (χ3v) is 5.78. The number of anilines is 2. The summed E-state index contributed by atoms with van der Waals surface area (Å²) < 4.78 is 11.3. The molecule has 4 heterocycles. The van der Waals surface area contributed by atoms with Crippen molar-refractivity contribution < 1.29 is 18.8 Å². The monoisotopic (exact) mass is 379 g/mol. The predicted molar refractivity (Wildman–Crippen MR) is 102 cm³/mol. The van der Waals surface area contributed by atoms with Crippen LogP contribution in [0.1, 0.15) is 16.9 Å². The number of benzene rings is 1. The molecule has 0 radical (unpaired) electrons. The highest BCUT2D eigenvalue weighted by atomic mass is 16.5. The van der Waals surface area contributed by atoms with Gasteiger partial charge in [0, 0.05) is 11.8 Å². The summed E-state index contributed by atoms with van der Waals surface area (Å²) in [5.74, 6) is -0.400. The number of fused-ring (bicyclic) bond motifs is 1. The molecule has 144 valence electrons. The topological polar surface area (TPSA) is 84.7 Å². The molecule has 4 atom stereocenters. The molecule has 1 spiro atoms. The maximum Gasteiger partial charge on any atom is 0.235 e. The summed E-state index contributed by atoms with van der Waals surface area (Å²) in [7, 11) is 0. The molecule has 1 aromatic carbocycles. The van der Waals surface area contributed by atoms with Crippen LogP contribution in [0.15, 0.2) is 40.9 Å². The fraction of sp³-hybridized carbons (Fsp3) is 0.381. The van der Waals surface area contributed by atoms with Crippen molar-refractivity contribution in [2.24, 2.45) is 11.8 Å². The van der Waals surface area contributed by atoms with Gasteiger partial charge in [-0.1, -0.05) is 23.4 Å². The van der Waals surface area contributed by atoms with Gasteiger partial charge in [-0.3, -0.25) is 14.5 Å². The minimum absolute atomic E-state index is 0.152. The number of hydrogen-bond acceptors (Lipinski definition) is 5. The molecule has 2 fully saturated rings. The summed E-state index contributed by atoms with van der Waals surface area (Å²) in [6.45, 7) is 6.08. The number of aryl methyl sites for hydroxylation is 3. The number of ether oxygens (including phenoxy) is 1. The lowest BCUT2D eigenvalue weighted by molar-refractivity contribution is -0.128. The van der Waals surface area contributed by atoms with Crippen LogP contribution in [-0.2, 0) is 14.3 Å². The van der Waals surface area contributed by atoms with Crippen molar-refractivity contribution in [3.63, 3.8) is 0 Å². The van der Waals surface area contributed by atoms with Crippen LogP contribution in [0, 0.1) is 32.6 Å². The van der Waals surface area contributed by atoms with Crippen LogP contribution in [0.3, 0.4) is 0 Å². The Bertz CT molecular complexity index is 1010. The Morgan fingerprint density at radius 2 is 1.96 bits per heavy atom. The maximum absolute atomic E-state index is 13.2. The molecule has 0 saturated carbocycles. The zero-order valence-electron chi connectivity index (χ0n) is 15.9. The largest absolute Gasteiger partial charge is 0.360 e. The number of amides is 2. The van der Waals surface area contributed by atoms with E-state index in [1.165, 1.54) is 0 Å². The van der Waals surface area contributed by atoms with Crippen molar-refractivity contribution in [2.75, 3.05) is 16.8 Å². The third kappa shape index (κ3) is 2.43. The maximum atomic E-state index is 13.2. The molecule has 2 bridgehead atoms. The molecule has 2 saturated heterocycles. The summed E-state index contributed by atoms with van der Waals surface area (Å²) >= 11 is 0. The highest BCUT2D eigenvalue weighted by Crippen LogP contribution is 2.52. The average molecular weight is 379 g/mol. The Morgan fingerprint density at radius 3 is 2.64 bits per heavy atom. The standard InChI is InChI=1S/C21H21N3O4/c1-11-6-12(2)8-14(7-11)22-19(25)17-15-4-5-21(27-15)10-24(20(26)18(17)21)16-9-13(3)28-23-16/h4-9,15,17-18H,10H2,1-3H3,(H,22,25)/t15-,17+,18-,21+/m1/s1. The van der Waals surface area contributed by atoms with Crippen LogP contribution in [0.5, 0.6) is 0 Å². The average Bonchev–Trinajstić information content (AvgIpc) is 3.35. The molecule has 2 amide bonds. The van der Waals surface area contributed by atoms with Crippen molar-refractivity contribution in [2.45, 2.75) is 32.5 Å². The van der Waals surface area contributed by atoms with Gasteiger partial charge in [-0.2, -0.15) is 0 Å². The Balaban J connectivity index is 1.44. The summed E-state index contributed by atoms with van der Waals surface area (Å²) in [6.07, 6.45) is 3.43. The van der Waals surface area contributed by atoms with Gasteiger partial charge in [-0.05, 0) is 44.0 Å².